The van der Waals surface area contributed by atoms with Crippen molar-refractivity contribution in [3.8, 4) is 0 Å². The number of rotatable bonds is 1. The number of aryl methyl sites for hydroxylation is 1. The van der Waals surface area contributed by atoms with Crippen molar-refractivity contribution in [2.75, 3.05) is 0 Å². The van der Waals surface area contributed by atoms with Gasteiger partial charge in [-0.1, -0.05) is 24.3 Å². The SMILES string of the molecule is CCn1c#cc2cc3ccccc3cc21. The average Bonchev–Trinajstić information content (AvgIpc) is 2.68. The van der Waals surface area contributed by atoms with Crippen LogP contribution in [0.1, 0.15) is 6.92 Å². The lowest BCUT2D eigenvalue weighted by atomic mass is 10.1. The van der Waals surface area contributed by atoms with Crippen molar-refractivity contribution >= 4 is 21.7 Å². The molecule has 0 saturated heterocycles. The van der Waals surface area contributed by atoms with Gasteiger partial charge in [0, 0.05) is 12.7 Å². The molecule has 1 heterocycles. The van der Waals surface area contributed by atoms with Gasteiger partial charge >= 0.3 is 0 Å². The standard InChI is InChI=1S/C14H11N/c1-2-15-8-7-13-9-11-5-3-4-6-12(11)10-14(13)15/h3-6,9-10H,2H2,1H3. The van der Waals surface area contributed by atoms with Gasteiger partial charge in [-0.3, -0.25) is 0 Å². The van der Waals surface area contributed by atoms with Crippen LogP contribution in [0.3, 0.4) is 0 Å². The van der Waals surface area contributed by atoms with Crippen molar-refractivity contribution in [3.63, 3.8) is 0 Å². The van der Waals surface area contributed by atoms with Crippen molar-refractivity contribution < 1.29 is 0 Å². The summed E-state index contributed by atoms with van der Waals surface area (Å²) >= 11 is 0. The van der Waals surface area contributed by atoms with E-state index in [4.69, 9.17) is 0 Å². The van der Waals surface area contributed by atoms with E-state index in [1.807, 2.05) is 0 Å². The number of benzene rings is 2. The minimum atomic E-state index is 0.943. The van der Waals surface area contributed by atoms with E-state index in [1.165, 1.54) is 16.3 Å². The number of hydrogen-bond donors (Lipinski definition) is 0. The maximum absolute atomic E-state index is 3.17. The molecule has 1 aromatic heterocycles. The van der Waals surface area contributed by atoms with Crippen LogP contribution in [-0.2, 0) is 6.54 Å². The third-order valence-electron chi connectivity index (χ3n) is 2.80. The summed E-state index contributed by atoms with van der Waals surface area (Å²) in [5, 5.41) is 3.69. The first-order valence-electron chi connectivity index (χ1n) is 5.20. The van der Waals surface area contributed by atoms with Gasteiger partial charge in [0.15, 0.2) is 0 Å². The van der Waals surface area contributed by atoms with E-state index in [9.17, 15) is 0 Å². The summed E-state index contributed by atoms with van der Waals surface area (Å²) in [6, 6.07) is 16.0. The summed E-state index contributed by atoms with van der Waals surface area (Å²) in [4.78, 5) is 0. The summed E-state index contributed by atoms with van der Waals surface area (Å²) in [5.41, 5.74) is 1.22. The number of hydrogen-bond acceptors (Lipinski definition) is 0. The molecule has 72 valence electrons. The Hall–Kier alpha value is -1.94. The lowest BCUT2D eigenvalue weighted by molar-refractivity contribution is 0.798. The molecule has 0 radical (unpaired) electrons. The van der Waals surface area contributed by atoms with Crippen LogP contribution in [0.5, 0.6) is 0 Å². The van der Waals surface area contributed by atoms with E-state index in [1.54, 1.807) is 0 Å². The molecule has 3 aromatic rings. The quantitative estimate of drug-likeness (QED) is 0.558. The zero-order chi connectivity index (χ0) is 10.3. The van der Waals surface area contributed by atoms with Crippen LogP contribution in [0.4, 0.5) is 0 Å². The molecular weight excluding hydrogens is 182 g/mol. The lowest BCUT2D eigenvalue weighted by Gasteiger charge is -2.01. The van der Waals surface area contributed by atoms with Gasteiger partial charge < -0.3 is 4.57 Å². The Balaban J connectivity index is 2.45. The van der Waals surface area contributed by atoms with E-state index in [0.717, 1.165) is 11.9 Å². The van der Waals surface area contributed by atoms with Gasteiger partial charge in [-0.25, -0.2) is 0 Å². The highest BCUT2D eigenvalue weighted by atomic mass is 14.9. The molecule has 0 unspecified atom stereocenters. The summed E-state index contributed by atoms with van der Waals surface area (Å²) in [6.07, 6.45) is 3.13. The van der Waals surface area contributed by atoms with E-state index in [2.05, 4.69) is 60.2 Å². The molecule has 2 aromatic carbocycles. The second-order valence-corrected chi connectivity index (χ2v) is 3.70. The Morgan fingerprint density at radius 3 is 2.60 bits per heavy atom. The Bertz CT molecular complexity index is 619. The van der Waals surface area contributed by atoms with Crippen LogP contribution in [0, 0.1) is 12.3 Å². The summed E-state index contributed by atoms with van der Waals surface area (Å²) < 4.78 is 2.10. The zero-order valence-corrected chi connectivity index (χ0v) is 8.62. The highest BCUT2D eigenvalue weighted by molar-refractivity contribution is 5.96. The molecule has 0 aliphatic rings. The largest absolute Gasteiger partial charge is 0.300 e. The van der Waals surface area contributed by atoms with Gasteiger partial charge in [0.05, 0.1) is 10.9 Å². The number of aromatic nitrogens is 1. The third-order valence-corrected chi connectivity index (χ3v) is 2.80. The van der Waals surface area contributed by atoms with E-state index in [-0.39, 0.29) is 0 Å². The molecule has 1 heteroatoms. The van der Waals surface area contributed by atoms with Crippen LogP contribution >= 0.6 is 0 Å². The van der Waals surface area contributed by atoms with Crippen molar-refractivity contribution in [1.82, 2.24) is 4.57 Å². The predicted octanol–water partition coefficient (Wildman–Crippen LogP) is 3.41. The van der Waals surface area contributed by atoms with Crippen LogP contribution < -0.4 is 0 Å². The first-order valence-corrected chi connectivity index (χ1v) is 5.20. The van der Waals surface area contributed by atoms with Crippen molar-refractivity contribution in [2.24, 2.45) is 0 Å². The van der Waals surface area contributed by atoms with Gasteiger partial charge in [0.2, 0.25) is 0 Å². The monoisotopic (exact) mass is 193 g/mol. The minimum Gasteiger partial charge on any atom is -0.300 e. The molecule has 0 N–H and O–H groups in total. The Labute approximate surface area is 88.9 Å². The normalized spacial score (nSPS) is 10.7. The Morgan fingerprint density at radius 2 is 1.87 bits per heavy atom. The molecule has 0 amide bonds. The van der Waals surface area contributed by atoms with Crippen molar-refractivity contribution in [1.29, 1.82) is 0 Å². The summed E-state index contributed by atoms with van der Waals surface area (Å²) in [7, 11) is 0. The molecule has 0 aliphatic carbocycles. The van der Waals surface area contributed by atoms with Crippen LogP contribution in [0.25, 0.3) is 21.7 Å². The molecule has 0 fully saturated rings. The van der Waals surface area contributed by atoms with Crippen LogP contribution in [0.15, 0.2) is 36.4 Å². The molecule has 0 saturated carbocycles. The zero-order valence-electron chi connectivity index (χ0n) is 8.62. The molecular formula is C14H11N. The fourth-order valence-electron chi connectivity index (χ4n) is 1.99. The topological polar surface area (TPSA) is 4.93 Å². The first-order chi connectivity index (χ1) is 7.38. The average molecular weight is 193 g/mol. The van der Waals surface area contributed by atoms with Crippen LogP contribution in [-0.4, -0.2) is 4.57 Å². The molecule has 0 aliphatic heterocycles. The molecule has 0 bridgehead atoms. The molecule has 1 nitrogen and oxygen atoms in total. The Kier molecular flexibility index (Phi) is 1.69. The first kappa shape index (κ1) is 8.38. The second kappa shape index (κ2) is 3.03. The fourth-order valence-corrected chi connectivity index (χ4v) is 1.99. The second-order valence-electron chi connectivity index (χ2n) is 3.70. The van der Waals surface area contributed by atoms with Crippen molar-refractivity contribution in [2.45, 2.75) is 13.5 Å². The summed E-state index contributed by atoms with van der Waals surface area (Å²) in [5.74, 6) is 0. The van der Waals surface area contributed by atoms with E-state index < -0.39 is 0 Å². The van der Waals surface area contributed by atoms with Crippen molar-refractivity contribution in [3.05, 3.63) is 48.7 Å². The lowest BCUT2D eigenvalue weighted by Crippen LogP contribution is -1.90. The van der Waals surface area contributed by atoms with Gasteiger partial charge in [-0.05, 0) is 35.9 Å². The highest BCUT2D eigenvalue weighted by Gasteiger charge is 2.00. The highest BCUT2D eigenvalue weighted by Crippen LogP contribution is 2.21. The Morgan fingerprint density at radius 1 is 1.13 bits per heavy atom. The van der Waals surface area contributed by atoms with Crippen LogP contribution in [0.2, 0.25) is 0 Å². The maximum atomic E-state index is 3.17. The van der Waals surface area contributed by atoms with Gasteiger partial charge in [-0.15, -0.1) is 0 Å². The number of fused-ring (bicyclic) bond motifs is 2. The van der Waals surface area contributed by atoms with Gasteiger partial charge in [-0.2, -0.15) is 0 Å². The number of nitrogens with zero attached hydrogens (tertiary/aromatic N) is 1. The molecule has 15 heavy (non-hydrogen) atoms. The molecule has 0 atom stereocenters. The predicted molar refractivity (Wildman–Crippen MR) is 62.8 cm³/mol. The fraction of sp³-hybridized carbons (Fsp3) is 0.143. The summed E-state index contributed by atoms with van der Waals surface area (Å²) in [6.45, 7) is 3.07. The maximum Gasteiger partial charge on any atom is 0.0652 e. The van der Waals surface area contributed by atoms with Gasteiger partial charge in [0.1, 0.15) is 0 Å². The van der Waals surface area contributed by atoms with E-state index in [0.29, 0.717) is 0 Å². The van der Waals surface area contributed by atoms with Gasteiger partial charge in [0.25, 0.3) is 0 Å². The smallest absolute Gasteiger partial charge is 0.0652 e. The van der Waals surface area contributed by atoms with E-state index >= 15 is 0 Å². The minimum absolute atomic E-state index is 0.943. The molecule has 0 spiro atoms. The molecule has 3 rings (SSSR count). The third kappa shape index (κ3) is 1.19.